The van der Waals surface area contributed by atoms with Crippen LogP contribution in [-0.2, 0) is 0 Å². The van der Waals surface area contributed by atoms with Gasteiger partial charge in [0.1, 0.15) is 0 Å². The van der Waals surface area contributed by atoms with Crippen LogP contribution >= 0.6 is 0 Å². The molecule has 0 saturated carbocycles. The standard InChI is InChI=1S/C7H16N2.C6H14N2/c1-8-4-3-5-9(2)7-6-8;1-7-3-5-8(2)6-4-7/h3-7H2,1-2H3;3-6H2,1-2H3. The Morgan fingerprint density at radius 3 is 0.941 bits per heavy atom. The molecule has 0 unspecified atom stereocenters. The van der Waals surface area contributed by atoms with Crippen molar-refractivity contribution in [3.8, 4) is 0 Å². The Bertz CT molecular complexity index is 170. The third-order valence-corrected chi connectivity index (χ3v) is 3.67. The number of nitrogens with zero attached hydrogens (tertiary/aromatic N) is 4. The van der Waals surface area contributed by atoms with Crippen molar-refractivity contribution in [1.82, 2.24) is 19.6 Å². The van der Waals surface area contributed by atoms with Crippen molar-refractivity contribution in [2.75, 3.05) is 80.5 Å². The van der Waals surface area contributed by atoms with Gasteiger partial charge in [-0.05, 0) is 47.7 Å². The van der Waals surface area contributed by atoms with Gasteiger partial charge in [0.05, 0.1) is 0 Å². The fourth-order valence-electron chi connectivity index (χ4n) is 2.08. The van der Waals surface area contributed by atoms with E-state index in [1.54, 1.807) is 0 Å². The molecule has 0 aromatic heterocycles. The van der Waals surface area contributed by atoms with E-state index in [0.29, 0.717) is 0 Å². The SMILES string of the molecule is CN1CCCN(C)CC1.CN1CCN(C)CC1. The van der Waals surface area contributed by atoms with Crippen LogP contribution in [0.25, 0.3) is 0 Å². The lowest BCUT2D eigenvalue weighted by Gasteiger charge is -2.28. The average molecular weight is 242 g/mol. The molecule has 2 aliphatic heterocycles. The van der Waals surface area contributed by atoms with Gasteiger partial charge in [0, 0.05) is 39.3 Å². The molecule has 0 atom stereocenters. The molecule has 0 aromatic rings. The minimum atomic E-state index is 1.23. The lowest BCUT2D eigenvalue weighted by molar-refractivity contribution is 0.181. The molecule has 0 N–H and O–H groups in total. The van der Waals surface area contributed by atoms with Crippen LogP contribution < -0.4 is 0 Å². The van der Waals surface area contributed by atoms with E-state index in [4.69, 9.17) is 0 Å². The van der Waals surface area contributed by atoms with Gasteiger partial charge < -0.3 is 19.6 Å². The minimum absolute atomic E-state index is 1.23. The highest BCUT2D eigenvalue weighted by Gasteiger charge is 2.08. The summed E-state index contributed by atoms with van der Waals surface area (Å²) in [5, 5.41) is 0. The molecule has 0 amide bonds. The summed E-state index contributed by atoms with van der Waals surface area (Å²) in [6, 6.07) is 0. The minimum Gasteiger partial charge on any atom is -0.305 e. The molecule has 17 heavy (non-hydrogen) atoms. The highest BCUT2D eigenvalue weighted by Crippen LogP contribution is 1.96. The van der Waals surface area contributed by atoms with Crippen LogP contribution in [0.4, 0.5) is 0 Å². The largest absolute Gasteiger partial charge is 0.305 e. The smallest absolute Gasteiger partial charge is 0.0107 e. The van der Waals surface area contributed by atoms with Gasteiger partial charge in [0.25, 0.3) is 0 Å². The topological polar surface area (TPSA) is 13.0 Å². The average Bonchev–Trinajstić information content (AvgIpc) is 2.49. The van der Waals surface area contributed by atoms with Gasteiger partial charge in [-0.1, -0.05) is 0 Å². The zero-order valence-corrected chi connectivity index (χ0v) is 12.2. The predicted molar refractivity (Wildman–Crippen MR) is 74.6 cm³/mol. The highest BCUT2D eigenvalue weighted by molar-refractivity contribution is 4.64. The Morgan fingerprint density at radius 2 is 0.647 bits per heavy atom. The van der Waals surface area contributed by atoms with Crippen molar-refractivity contribution >= 4 is 0 Å². The first kappa shape index (κ1) is 14.9. The Kier molecular flexibility index (Phi) is 7.04. The van der Waals surface area contributed by atoms with Crippen molar-refractivity contribution in [2.45, 2.75) is 6.42 Å². The Labute approximate surface area is 107 Å². The zero-order chi connectivity index (χ0) is 12.7. The highest BCUT2D eigenvalue weighted by atomic mass is 15.2. The van der Waals surface area contributed by atoms with Crippen LogP contribution in [0.15, 0.2) is 0 Å². The summed E-state index contributed by atoms with van der Waals surface area (Å²) in [6.07, 6.45) is 1.33. The molecule has 2 aliphatic rings. The van der Waals surface area contributed by atoms with Gasteiger partial charge in [0.15, 0.2) is 0 Å². The van der Waals surface area contributed by atoms with Crippen LogP contribution in [0, 0.1) is 0 Å². The summed E-state index contributed by atoms with van der Waals surface area (Å²) in [6.45, 7) is 9.93. The molecule has 4 nitrogen and oxygen atoms in total. The second-order valence-electron chi connectivity index (χ2n) is 5.57. The quantitative estimate of drug-likeness (QED) is 0.598. The van der Waals surface area contributed by atoms with Gasteiger partial charge in [-0.3, -0.25) is 0 Å². The third-order valence-electron chi connectivity index (χ3n) is 3.67. The maximum absolute atomic E-state index is 2.39. The normalized spacial score (nSPS) is 26.1. The number of likely N-dealkylation sites (N-methyl/N-ethyl adjacent to an activating group) is 4. The first-order valence-corrected chi connectivity index (χ1v) is 6.82. The van der Waals surface area contributed by atoms with E-state index in [1.165, 1.54) is 58.8 Å². The Hall–Kier alpha value is -0.160. The van der Waals surface area contributed by atoms with Gasteiger partial charge in [0.2, 0.25) is 0 Å². The molecule has 0 bridgehead atoms. The molecule has 0 radical (unpaired) electrons. The molecule has 0 aromatic carbocycles. The molecule has 2 saturated heterocycles. The molecular weight excluding hydrogens is 212 g/mol. The molecule has 102 valence electrons. The van der Waals surface area contributed by atoms with E-state index in [1.807, 2.05) is 0 Å². The van der Waals surface area contributed by atoms with Crippen molar-refractivity contribution in [3.63, 3.8) is 0 Å². The Balaban J connectivity index is 0.000000171. The molecule has 2 rings (SSSR count). The van der Waals surface area contributed by atoms with Crippen molar-refractivity contribution in [1.29, 1.82) is 0 Å². The van der Waals surface area contributed by atoms with E-state index in [0.717, 1.165) is 0 Å². The van der Waals surface area contributed by atoms with Crippen LogP contribution in [0.5, 0.6) is 0 Å². The van der Waals surface area contributed by atoms with Gasteiger partial charge in [-0.25, -0.2) is 0 Å². The molecular formula is C13H30N4. The van der Waals surface area contributed by atoms with Gasteiger partial charge in [-0.15, -0.1) is 0 Å². The first-order valence-electron chi connectivity index (χ1n) is 6.82. The van der Waals surface area contributed by atoms with Crippen molar-refractivity contribution in [3.05, 3.63) is 0 Å². The van der Waals surface area contributed by atoms with E-state index in [2.05, 4.69) is 47.8 Å². The summed E-state index contributed by atoms with van der Waals surface area (Å²) in [4.78, 5) is 9.51. The molecule has 2 fully saturated rings. The molecule has 0 aliphatic carbocycles. The number of hydrogen-bond donors (Lipinski definition) is 0. The lowest BCUT2D eigenvalue weighted by Crippen LogP contribution is -2.42. The monoisotopic (exact) mass is 242 g/mol. The van der Waals surface area contributed by atoms with Crippen LogP contribution in [0.1, 0.15) is 6.42 Å². The van der Waals surface area contributed by atoms with Crippen molar-refractivity contribution < 1.29 is 0 Å². The lowest BCUT2D eigenvalue weighted by atomic mass is 10.4. The van der Waals surface area contributed by atoms with E-state index >= 15 is 0 Å². The summed E-state index contributed by atoms with van der Waals surface area (Å²) >= 11 is 0. The second-order valence-corrected chi connectivity index (χ2v) is 5.57. The summed E-state index contributed by atoms with van der Waals surface area (Å²) in [5.41, 5.74) is 0. The van der Waals surface area contributed by atoms with E-state index in [-0.39, 0.29) is 0 Å². The summed E-state index contributed by atoms with van der Waals surface area (Å²) in [7, 11) is 8.73. The molecule has 0 spiro atoms. The maximum atomic E-state index is 2.39. The zero-order valence-electron chi connectivity index (χ0n) is 12.2. The number of piperazine rings is 1. The van der Waals surface area contributed by atoms with Crippen molar-refractivity contribution in [2.24, 2.45) is 0 Å². The van der Waals surface area contributed by atoms with Crippen LogP contribution in [0.3, 0.4) is 0 Å². The fourth-order valence-corrected chi connectivity index (χ4v) is 2.08. The fraction of sp³-hybridized carbons (Fsp3) is 1.00. The first-order chi connectivity index (χ1) is 8.08. The molecule has 4 heteroatoms. The van der Waals surface area contributed by atoms with Gasteiger partial charge in [-0.2, -0.15) is 0 Å². The van der Waals surface area contributed by atoms with E-state index in [9.17, 15) is 0 Å². The van der Waals surface area contributed by atoms with Crippen LogP contribution in [0.2, 0.25) is 0 Å². The Morgan fingerprint density at radius 1 is 0.412 bits per heavy atom. The maximum Gasteiger partial charge on any atom is 0.0107 e. The molecule has 2 heterocycles. The number of rotatable bonds is 0. The van der Waals surface area contributed by atoms with Gasteiger partial charge >= 0.3 is 0 Å². The predicted octanol–water partition coefficient (Wildman–Crippen LogP) is 0.117. The third kappa shape index (κ3) is 6.99. The summed E-state index contributed by atoms with van der Waals surface area (Å²) < 4.78 is 0. The summed E-state index contributed by atoms with van der Waals surface area (Å²) in [5.74, 6) is 0. The number of hydrogen-bond acceptors (Lipinski definition) is 4. The van der Waals surface area contributed by atoms with E-state index < -0.39 is 0 Å². The second kappa shape index (κ2) is 8.03. The van der Waals surface area contributed by atoms with Crippen LogP contribution in [-0.4, -0.2) is 100 Å².